The Balaban J connectivity index is 2.23. The van der Waals surface area contributed by atoms with Crippen LogP contribution in [0.25, 0.3) is 0 Å². The van der Waals surface area contributed by atoms with Crippen LogP contribution >= 0.6 is 11.6 Å². The summed E-state index contributed by atoms with van der Waals surface area (Å²) in [5.41, 5.74) is 0. The molecule has 0 aromatic heterocycles. The van der Waals surface area contributed by atoms with Gasteiger partial charge in [-0.25, -0.2) is 4.79 Å². The highest BCUT2D eigenvalue weighted by molar-refractivity contribution is 6.31. The summed E-state index contributed by atoms with van der Waals surface area (Å²) in [6.45, 7) is 2.83. The molecule has 0 aromatic rings. The van der Waals surface area contributed by atoms with Crippen molar-refractivity contribution in [1.29, 1.82) is 0 Å². The van der Waals surface area contributed by atoms with E-state index in [4.69, 9.17) is 11.6 Å². The molecule has 1 aliphatic heterocycles. The number of carbonyl (C=O) groups is 3. The highest BCUT2D eigenvalue weighted by Crippen LogP contribution is 2.06. The van der Waals surface area contributed by atoms with Crippen molar-refractivity contribution in [3.05, 3.63) is 0 Å². The van der Waals surface area contributed by atoms with Crippen LogP contribution in [0.5, 0.6) is 0 Å². The maximum Gasteiger partial charge on any atom is 0.321 e. The fourth-order valence-electron chi connectivity index (χ4n) is 1.49. The van der Waals surface area contributed by atoms with Crippen LogP contribution in [-0.4, -0.2) is 47.8 Å². The number of likely N-dealkylation sites (tertiary alicyclic amines) is 1. The lowest BCUT2D eigenvalue weighted by molar-refractivity contribution is -0.129. The van der Waals surface area contributed by atoms with Crippen molar-refractivity contribution in [2.45, 2.75) is 25.1 Å². The van der Waals surface area contributed by atoms with Crippen LogP contribution < -0.4 is 10.6 Å². The molecule has 1 saturated heterocycles. The van der Waals surface area contributed by atoms with Crippen LogP contribution in [0.1, 0.15) is 19.8 Å². The van der Waals surface area contributed by atoms with E-state index in [-0.39, 0.29) is 12.5 Å². The Morgan fingerprint density at radius 1 is 1.29 bits per heavy atom. The molecule has 1 heterocycles. The van der Waals surface area contributed by atoms with Crippen LogP contribution in [0.15, 0.2) is 0 Å². The van der Waals surface area contributed by atoms with E-state index in [1.165, 1.54) is 6.92 Å². The minimum Gasteiger partial charge on any atom is -0.341 e. The maximum atomic E-state index is 11.5. The van der Waals surface area contributed by atoms with E-state index in [2.05, 4.69) is 5.32 Å². The van der Waals surface area contributed by atoms with Crippen molar-refractivity contribution in [3.8, 4) is 0 Å². The summed E-state index contributed by atoms with van der Waals surface area (Å²) in [6, 6.07) is -0.699. The average Bonchev–Trinajstić information content (AvgIpc) is 2.79. The van der Waals surface area contributed by atoms with E-state index >= 15 is 0 Å². The number of hydrogen-bond acceptors (Lipinski definition) is 3. The number of alkyl halides is 1. The molecule has 1 fully saturated rings. The number of imide groups is 1. The molecule has 0 saturated carbocycles. The molecule has 96 valence electrons. The Morgan fingerprint density at radius 2 is 1.88 bits per heavy atom. The Hall–Kier alpha value is -1.30. The largest absolute Gasteiger partial charge is 0.341 e. The second-order valence-corrected chi connectivity index (χ2v) is 4.53. The van der Waals surface area contributed by atoms with Gasteiger partial charge in [-0.2, -0.15) is 0 Å². The summed E-state index contributed by atoms with van der Waals surface area (Å²) in [5.74, 6) is -0.721. The smallest absolute Gasteiger partial charge is 0.321 e. The zero-order valence-corrected chi connectivity index (χ0v) is 10.4. The predicted molar refractivity (Wildman–Crippen MR) is 62.7 cm³/mol. The van der Waals surface area contributed by atoms with Gasteiger partial charge in [0.1, 0.15) is 5.38 Å². The number of hydrogen-bond donors (Lipinski definition) is 2. The molecule has 17 heavy (non-hydrogen) atoms. The molecule has 0 radical (unpaired) electrons. The third kappa shape index (κ3) is 4.60. The Morgan fingerprint density at radius 3 is 2.41 bits per heavy atom. The van der Waals surface area contributed by atoms with E-state index in [1.807, 2.05) is 5.32 Å². The quantitative estimate of drug-likeness (QED) is 0.706. The van der Waals surface area contributed by atoms with E-state index in [1.54, 1.807) is 4.90 Å². The monoisotopic (exact) mass is 261 g/mol. The highest BCUT2D eigenvalue weighted by Gasteiger charge is 2.19. The third-order valence-corrected chi connectivity index (χ3v) is 2.66. The molecule has 7 heteroatoms. The first kappa shape index (κ1) is 13.8. The van der Waals surface area contributed by atoms with Gasteiger partial charge in [0.15, 0.2) is 0 Å². The molecular formula is C10H16ClN3O3. The molecule has 1 atom stereocenters. The van der Waals surface area contributed by atoms with Gasteiger partial charge in [0.05, 0.1) is 6.54 Å². The lowest BCUT2D eigenvalue weighted by atomic mass is 10.4. The van der Waals surface area contributed by atoms with Gasteiger partial charge in [0.2, 0.25) is 11.8 Å². The summed E-state index contributed by atoms with van der Waals surface area (Å²) >= 11 is 5.47. The number of nitrogens with one attached hydrogen (secondary N) is 2. The van der Waals surface area contributed by atoms with Crippen molar-refractivity contribution in [2.24, 2.45) is 0 Å². The van der Waals surface area contributed by atoms with Gasteiger partial charge in [-0.05, 0) is 19.8 Å². The molecule has 0 aliphatic carbocycles. The first-order valence-electron chi connectivity index (χ1n) is 5.51. The van der Waals surface area contributed by atoms with Crippen molar-refractivity contribution in [1.82, 2.24) is 15.5 Å². The van der Waals surface area contributed by atoms with Gasteiger partial charge in [-0.3, -0.25) is 14.9 Å². The van der Waals surface area contributed by atoms with Gasteiger partial charge in [0.25, 0.3) is 0 Å². The topological polar surface area (TPSA) is 78.5 Å². The maximum absolute atomic E-state index is 11.5. The SMILES string of the molecule is CC(Cl)C(=O)NC(=O)NCC(=O)N1CCCC1. The van der Waals surface area contributed by atoms with Crippen molar-refractivity contribution in [2.75, 3.05) is 19.6 Å². The van der Waals surface area contributed by atoms with E-state index in [9.17, 15) is 14.4 Å². The first-order chi connectivity index (χ1) is 8.00. The molecule has 0 bridgehead atoms. The van der Waals surface area contributed by atoms with Crippen molar-refractivity contribution in [3.63, 3.8) is 0 Å². The minimum atomic E-state index is -0.782. The standard InChI is InChI=1S/C10H16ClN3O3/c1-7(11)9(16)13-10(17)12-6-8(15)14-4-2-3-5-14/h7H,2-6H2,1H3,(H2,12,13,16,17). The molecule has 1 unspecified atom stereocenters. The van der Waals surface area contributed by atoms with Gasteiger partial charge in [-0.1, -0.05) is 0 Å². The minimum absolute atomic E-state index is 0.101. The normalized spacial score (nSPS) is 16.5. The summed E-state index contributed by atoms with van der Waals surface area (Å²) in [7, 11) is 0. The second kappa shape index (κ2) is 6.44. The fraction of sp³-hybridized carbons (Fsp3) is 0.700. The number of halogens is 1. The van der Waals surface area contributed by atoms with Crippen LogP contribution in [0, 0.1) is 0 Å². The molecular weight excluding hydrogens is 246 g/mol. The molecule has 1 aliphatic rings. The number of amides is 4. The van der Waals surface area contributed by atoms with Crippen LogP contribution in [-0.2, 0) is 9.59 Å². The van der Waals surface area contributed by atoms with Gasteiger partial charge in [0, 0.05) is 13.1 Å². The third-order valence-electron chi connectivity index (χ3n) is 2.46. The summed E-state index contributed by atoms with van der Waals surface area (Å²) in [4.78, 5) is 35.5. The lowest BCUT2D eigenvalue weighted by Gasteiger charge is -2.15. The lowest BCUT2D eigenvalue weighted by Crippen LogP contribution is -2.46. The molecule has 1 rings (SSSR count). The second-order valence-electron chi connectivity index (χ2n) is 3.88. The summed E-state index contributed by atoms with van der Waals surface area (Å²) in [5, 5.41) is 3.58. The zero-order valence-electron chi connectivity index (χ0n) is 9.66. The Bertz CT molecular complexity index is 314. The number of rotatable bonds is 3. The summed E-state index contributed by atoms with van der Waals surface area (Å²) in [6.07, 6.45) is 2.00. The Kier molecular flexibility index (Phi) is 5.21. The van der Waals surface area contributed by atoms with Crippen LogP contribution in [0.2, 0.25) is 0 Å². The van der Waals surface area contributed by atoms with Gasteiger partial charge >= 0.3 is 6.03 Å². The zero-order chi connectivity index (χ0) is 12.8. The number of nitrogens with zero attached hydrogens (tertiary/aromatic N) is 1. The van der Waals surface area contributed by atoms with Crippen LogP contribution in [0.3, 0.4) is 0 Å². The average molecular weight is 262 g/mol. The molecule has 2 N–H and O–H groups in total. The predicted octanol–water partition coefficient (Wildman–Crippen LogP) is 0.0619. The highest BCUT2D eigenvalue weighted by atomic mass is 35.5. The molecule has 0 aromatic carbocycles. The molecule has 4 amide bonds. The van der Waals surface area contributed by atoms with E-state index in [0.717, 1.165) is 25.9 Å². The number of carbonyl (C=O) groups excluding carboxylic acids is 3. The summed E-state index contributed by atoms with van der Waals surface area (Å²) < 4.78 is 0. The first-order valence-corrected chi connectivity index (χ1v) is 5.95. The van der Waals surface area contributed by atoms with Crippen molar-refractivity contribution < 1.29 is 14.4 Å². The van der Waals surface area contributed by atoms with Gasteiger partial charge in [-0.15, -0.1) is 11.6 Å². The van der Waals surface area contributed by atoms with E-state index in [0.29, 0.717) is 0 Å². The van der Waals surface area contributed by atoms with Crippen LogP contribution in [0.4, 0.5) is 4.79 Å². The molecule has 6 nitrogen and oxygen atoms in total. The fourth-order valence-corrected chi connectivity index (χ4v) is 1.54. The van der Waals surface area contributed by atoms with E-state index < -0.39 is 17.3 Å². The number of urea groups is 1. The molecule has 0 spiro atoms. The van der Waals surface area contributed by atoms with Crippen molar-refractivity contribution >= 4 is 29.4 Å². The van der Waals surface area contributed by atoms with Gasteiger partial charge < -0.3 is 10.2 Å². The Labute approximate surface area is 105 Å².